The highest BCUT2D eigenvalue weighted by Gasteiger charge is 2.60. The molecule has 0 aliphatic heterocycles. The van der Waals surface area contributed by atoms with Crippen molar-refractivity contribution in [1.29, 1.82) is 0 Å². The quantitative estimate of drug-likeness (QED) is 0.508. The molecule has 0 amide bonds. The third kappa shape index (κ3) is 2.56. The molecule has 0 aromatic carbocycles. The molecule has 156 valence electrons. The summed E-state index contributed by atoms with van der Waals surface area (Å²) in [6, 6.07) is 6.38. The number of hydrogen-bond acceptors (Lipinski definition) is 1. The molecule has 8 atom stereocenters. The van der Waals surface area contributed by atoms with Gasteiger partial charge in [-0.15, -0.1) is 0 Å². The highest BCUT2D eigenvalue weighted by Crippen LogP contribution is 2.69. The summed E-state index contributed by atoms with van der Waals surface area (Å²) < 4.78 is 2.23. The Labute approximate surface area is 176 Å². The van der Waals surface area contributed by atoms with E-state index in [0.717, 1.165) is 35.2 Å². The second kappa shape index (κ2) is 6.34. The molecule has 0 radical (unpaired) electrons. The highest BCUT2D eigenvalue weighted by molar-refractivity contribution is 5.40. The van der Waals surface area contributed by atoms with Crippen molar-refractivity contribution < 1.29 is 0 Å². The van der Waals surface area contributed by atoms with Crippen LogP contribution < -0.4 is 0 Å². The molecule has 2 aromatic rings. The summed E-state index contributed by atoms with van der Waals surface area (Å²) >= 11 is 0. The molecule has 0 spiro atoms. The standard InChI is InChI=1S/C27H38N2/c1-18-11-13-26(2)19(16-18)7-8-20-21-9-10-23(27(21,3)14-12-22(20)26)24-17-29-15-5-4-6-25(29)28-24/h4-6,15,17-23H,7-14,16H2,1-3H3. The first-order chi connectivity index (χ1) is 14.0. The first-order valence-corrected chi connectivity index (χ1v) is 12.4. The van der Waals surface area contributed by atoms with E-state index in [2.05, 4.69) is 55.8 Å². The normalized spacial score (nSPS) is 46.9. The van der Waals surface area contributed by atoms with Gasteiger partial charge in [-0.25, -0.2) is 4.98 Å². The highest BCUT2D eigenvalue weighted by atomic mass is 15.0. The summed E-state index contributed by atoms with van der Waals surface area (Å²) in [5.41, 5.74) is 3.58. The van der Waals surface area contributed by atoms with Gasteiger partial charge in [-0.1, -0.05) is 33.3 Å². The van der Waals surface area contributed by atoms with Gasteiger partial charge in [-0.2, -0.15) is 0 Å². The van der Waals surface area contributed by atoms with Crippen LogP contribution in [0.3, 0.4) is 0 Å². The van der Waals surface area contributed by atoms with Crippen LogP contribution >= 0.6 is 0 Å². The average Bonchev–Trinajstić information content (AvgIpc) is 3.28. The summed E-state index contributed by atoms with van der Waals surface area (Å²) in [6.45, 7) is 7.85. The molecule has 2 aromatic heterocycles. The van der Waals surface area contributed by atoms with E-state index in [9.17, 15) is 0 Å². The minimum absolute atomic E-state index is 0.463. The van der Waals surface area contributed by atoms with Crippen molar-refractivity contribution >= 4 is 5.65 Å². The summed E-state index contributed by atoms with van der Waals surface area (Å²) in [4.78, 5) is 5.09. The molecule has 4 fully saturated rings. The number of hydrogen-bond donors (Lipinski definition) is 0. The van der Waals surface area contributed by atoms with E-state index in [1.165, 1.54) is 63.5 Å². The summed E-state index contributed by atoms with van der Waals surface area (Å²) in [5.74, 6) is 5.52. The van der Waals surface area contributed by atoms with E-state index in [-0.39, 0.29) is 0 Å². The fourth-order valence-corrected chi connectivity index (χ4v) is 9.08. The van der Waals surface area contributed by atoms with Crippen molar-refractivity contribution in [2.24, 2.45) is 40.4 Å². The molecule has 4 aliphatic rings. The first kappa shape index (κ1) is 18.5. The van der Waals surface area contributed by atoms with Gasteiger partial charge in [0.1, 0.15) is 5.65 Å². The van der Waals surface area contributed by atoms with Crippen LogP contribution in [0.5, 0.6) is 0 Å². The zero-order valence-corrected chi connectivity index (χ0v) is 18.6. The Balaban J connectivity index is 1.31. The van der Waals surface area contributed by atoms with E-state index in [1.807, 2.05) is 0 Å². The smallest absolute Gasteiger partial charge is 0.136 e. The lowest BCUT2D eigenvalue weighted by Gasteiger charge is -2.61. The van der Waals surface area contributed by atoms with E-state index in [4.69, 9.17) is 4.98 Å². The summed E-state index contributed by atoms with van der Waals surface area (Å²) in [6.07, 6.45) is 17.7. The van der Waals surface area contributed by atoms with Crippen LogP contribution in [-0.4, -0.2) is 9.38 Å². The lowest BCUT2D eigenvalue weighted by Crippen LogP contribution is -2.53. The molecular formula is C27H38N2. The monoisotopic (exact) mass is 390 g/mol. The predicted octanol–water partition coefficient (Wildman–Crippen LogP) is 7.10. The average molecular weight is 391 g/mol. The van der Waals surface area contributed by atoms with Gasteiger partial charge in [-0.3, -0.25) is 0 Å². The van der Waals surface area contributed by atoms with Gasteiger partial charge < -0.3 is 4.40 Å². The molecule has 4 saturated carbocycles. The SMILES string of the molecule is CC1CCC2(C)C(CCC3C2CCC2(C)C(c4cn5ccccc5n4)CCC32)C1. The predicted molar refractivity (Wildman–Crippen MR) is 119 cm³/mol. The Kier molecular flexibility index (Phi) is 4.04. The molecule has 2 heteroatoms. The number of nitrogens with zero attached hydrogens (tertiary/aromatic N) is 2. The molecular weight excluding hydrogens is 352 g/mol. The van der Waals surface area contributed by atoms with E-state index in [1.54, 1.807) is 0 Å². The maximum atomic E-state index is 5.09. The third-order valence-corrected chi connectivity index (χ3v) is 10.7. The van der Waals surface area contributed by atoms with Crippen LogP contribution in [0.25, 0.3) is 5.65 Å². The maximum absolute atomic E-state index is 5.09. The molecule has 0 N–H and O–H groups in total. The lowest BCUT2D eigenvalue weighted by atomic mass is 9.44. The molecule has 0 saturated heterocycles. The second-order valence-corrected chi connectivity index (χ2v) is 11.8. The van der Waals surface area contributed by atoms with Crippen LogP contribution in [0, 0.1) is 40.4 Å². The van der Waals surface area contributed by atoms with Crippen LogP contribution in [0.15, 0.2) is 30.6 Å². The van der Waals surface area contributed by atoms with Crippen LogP contribution in [0.2, 0.25) is 0 Å². The first-order valence-electron chi connectivity index (χ1n) is 12.4. The minimum atomic E-state index is 0.463. The number of rotatable bonds is 1. The van der Waals surface area contributed by atoms with Crippen molar-refractivity contribution in [1.82, 2.24) is 9.38 Å². The van der Waals surface area contributed by atoms with Gasteiger partial charge in [0.15, 0.2) is 0 Å². The van der Waals surface area contributed by atoms with Gasteiger partial charge in [0.25, 0.3) is 0 Å². The number of fused-ring (bicyclic) bond motifs is 6. The Morgan fingerprint density at radius 2 is 1.76 bits per heavy atom. The van der Waals surface area contributed by atoms with E-state index >= 15 is 0 Å². The topological polar surface area (TPSA) is 17.3 Å². The Bertz CT molecular complexity index is 881. The van der Waals surface area contributed by atoms with E-state index in [0.29, 0.717) is 16.7 Å². The van der Waals surface area contributed by atoms with Gasteiger partial charge in [-0.05, 0) is 104 Å². The molecule has 2 heterocycles. The molecule has 2 nitrogen and oxygen atoms in total. The van der Waals surface area contributed by atoms with Crippen molar-refractivity contribution in [2.45, 2.75) is 84.5 Å². The molecule has 0 bridgehead atoms. The summed E-state index contributed by atoms with van der Waals surface area (Å²) in [7, 11) is 0. The molecule has 29 heavy (non-hydrogen) atoms. The van der Waals surface area contributed by atoms with Crippen molar-refractivity contribution in [3.63, 3.8) is 0 Å². The lowest BCUT2D eigenvalue weighted by molar-refractivity contribution is -0.112. The number of aromatic nitrogens is 2. The zero-order chi connectivity index (χ0) is 19.8. The van der Waals surface area contributed by atoms with E-state index < -0.39 is 0 Å². The molecule has 4 aliphatic carbocycles. The minimum Gasteiger partial charge on any atom is -0.307 e. The maximum Gasteiger partial charge on any atom is 0.136 e. The van der Waals surface area contributed by atoms with Crippen LogP contribution in [-0.2, 0) is 0 Å². The second-order valence-electron chi connectivity index (χ2n) is 11.8. The van der Waals surface area contributed by atoms with Gasteiger partial charge in [0, 0.05) is 18.3 Å². The van der Waals surface area contributed by atoms with Crippen LogP contribution in [0.4, 0.5) is 0 Å². The Morgan fingerprint density at radius 3 is 2.62 bits per heavy atom. The summed E-state index contributed by atoms with van der Waals surface area (Å²) in [5, 5.41) is 0. The molecule has 8 unspecified atom stereocenters. The molecule has 6 rings (SSSR count). The van der Waals surface area contributed by atoms with Crippen molar-refractivity contribution in [3.05, 3.63) is 36.3 Å². The Hall–Kier alpha value is -1.31. The fourth-order valence-electron chi connectivity index (χ4n) is 9.08. The fraction of sp³-hybridized carbons (Fsp3) is 0.741. The Morgan fingerprint density at radius 1 is 0.931 bits per heavy atom. The van der Waals surface area contributed by atoms with Crippen LogP contribution in [0.1, 0.15) is 90.2 Å². The number of pyridine rings is 1. The zero-order valence-electron chi connectivity index (χ0n) is 18.6. The van der Waals surface area contributed by atoms with Gasteiger partial charge in [0.05, 0.1) is 5.69 Å². The van der Waals surface area contributed by atoms with Gasteiger partial charge >= 0.3 is 0 Å². The largest absolute Gasteiger partial charge is 0.307 e. The third-order valence-electron chi connectivity index (χ3n) is 10.7. The number of imidazole rings is 1. The van der Waals surface area contributed by atoms with Crippen molar-refractivity contribution in [3.8, 4) is 0 Å². The van der Waals surface area contributed by atoms with Gasteiger partial charge in [0.2, 0.25) is 0 Å². The van der Waals surface area contributed by atoms with Crippen molar-refractivity contribution in [2.75, 3.05) is 0 Å².